The molecule has 0 unspecified atom stereocenters. The maximum absolute atomic E-state index is 11.4. The molecule has 4 nitrogen and oxygen atoms in total. The summed E-state index contributed by atoms with van der Waals surface area (Å²) in [4.78, 5) is 22.5. The number of nitrogens with one attached hydrogen (secondary N) is 1. The molecule has 0 bridgehead atoms. The molecule has 0 aliphatic carbocycles. The van der Waals surface area contributed by atoms with Crippen LogP contribution >= 0.6 is 0 Å². The highest BCUT2D eigenvalue weighted by atomic mass is 16.5. The standard InChI is InChI=1S/C14H17NO3/c1-2-10-18-14(17)11-15-13(16)9-8-12-6-4-3-5-7-12/h3-9H,2,10-11H2,1H3,(H,15,16)/b9-8+. The maximum atomic E-state index is 11.4. The van der Waals surface area contributed by atoms with E-state index in [0.29, 0.717) is 6.61 Å². The molecule has 1 aromatic carbocycles. The van der Waals surface area contributed by atoms with Crippen LogP contribution in [0.25, 0.3) is 6.08 Å². The second-order valence-electron chi connectivity index (χ2n) is 3.68. The van der Waals surface area contributed by atoms with Gasteiger partial charge in [-0.1, -0.05) is 37.3 Å². The van der Waals surface area contributed by atoms with Crippen molar-refractivity contribution in [1.82, 2.24) is 5.32 Å². The highest BCUT2D eigenvalue weighted by molar-refractivity contribution is 5.93. The fourth-order valence-electron chi connectivity index (χ4n) is 1.22. The van der Waals surface area contributed by atoms with E-state index in [1.807, 2.05) is 37.3 Å². The van der Waals surface area contributed by atoms with Crippen molar-refractivity contribution in [2.24, 2.45) is 0 Å². The second kappa shape index (κ2) is 8.06. The van der Waals surface area contributed by atoms with Crippen LogP contribution in [-0.4, -0.2) is 25.0 Å². The number of ether oxygens (including phenoxy) is 1. The third-order valence-electron chi connectivity index (χ3n) is 2.10. The van der Waals surface area contributed by atoms with Gasteiger partial charge in [-0.2, -0.15) is 0 Å². The Bertz CT molecular complexity index is 412. The average molecular weight is 247 g/mol. The monoisotopic (exact) mass is 247 g/mol. The van der Waals surface area contributed by atoms with E-state index in [4.69, 9.17) is 4.74 Å². The molecule has 1 amide bonds. The zero-order chi connectivity index (χ0) is 13.2. The molecule has 0 aliphatic rings. The summed E-state index contributed by atoms with van der Waals surface area (Å²) in [5, 5.41) is 2.46. The number of rotatable bonds is 6. The Balaban J connectivity index is 2.30. The Morgan fingerprint density at radius 3 is 2.67 bits per heavy atom. The molecule has 1 aromatic rings. The number of amides is 1. The Hall–Kier alpha value is -2.10. The molecule has 0 saturated heterocycles. The zero-order valence-electron chi connectivity index (χ0n) is 10.4. The van der Waals surface area contributed by atoms with Gasteiger partial charge < -0.3 is 10.1 Å². The molecule has 0 spiro atoms. The minimum Gasteiger partial charge on any atom is -0.464 e. The van der Waals surface area contributed by atoms with Gasteiger partial charge in [0.1, 0.15) is 6.54 Å². The third-order valence-corrected chi connectivity index (χ3v) is 2.10. The lowest BCUT2D eigenvalue weighted by molar-refractivity contribution is -0.143. The van der Waals surface area contributed by atoms with Gasteiger partial charge in [0.2, 0.25) is 5.91 Å². The number of carbonyl (C=O) groups excluding carboxylic acids is 2. The van der Waals surface area contributed by atoms with E-state index in [9.17, 15) is 9.59 Å². The molecule has 0 saturated carbocycles. The number of esters is 1. The summed E-state index contributed by atoms with van der Waals surface area (Å²) < 4.78 is 4.83. The van der Waals surface area contributed by atoms with E-state index in [2.05, 4.69) is 5.32 Å². The highest BCUT2D eigenvalue weighted by Gasteiger charge is 2.03. The minimum atomic E-state index is -0.418. The highest BCUT2D eigenvalue weighted by Crippen LogP contribution is 2.00. The zero-order valence-corrected chi connectivity index (χ0v) is 10.4. The first-order valence-electron chi connectivity index (χ1n) is 5.89. The first-order valence-corrected chi connectivity index (χ1v) is 5.89. The van der Waals surface area contributed by atoms with E-state index < -0.39 is 5.97 Å². The molecule has 0 radical (unpaired) electrons. The molecule has 96 valence electrons. The Kier molecular flexibility index (Phi) is 6.25. The smallest absolute Gasteiger partial charge is 0.325 e. The van der Waals surface area contributed by atoms with Gasteiger partial charge in [0.25, 0.3) is 0 Å². The molecule has 1 rings (SSSR count). The summed E-state index contributed by atoms with van der Waals surface area (Å²) in [6.07, 6.45) is 3.85. The van der Waals surface area contributed by atoms with Gasteiger partial charge in [-0.3, -0.25) is 9.59 Å². The molecule has 0 aromatic heterocycles. The van der Waals surface area contributed by atoms with Crippen LogP contribution in [0.3, 0.4) is 0 Å². The summed E-state index contributed by atoms with van der Waals surface area (Å²) in [5.41, 5.74) is 0.932. The Morgan fingerprint density at radius 1 is 1.28 bits per heavy atom. The number of carbonyl (C=O) groups is 2. The first kappa shape index (κ1) is 14.0. The van der Waals surface area contributed by atoms with Crippen molar-refractivity contribution < 1.29 is 14.3 Å². The van der Waals surface area contributed by atoms with E-state index in [1.165, 1.54) is 6.08 Å². The van der Waals surface area contributed by atoms with Gasteiger partial charge in [-0.15, -0.1) is 0 Å². The van der Waals surface area contributed by atoms with Crippen molar-refractivity contribution in [2.45, 2.75) is 13.3 Å². The van der Waals surface area contributed by atoms with Crippen molar-refractivity contribution in [3.05, 3.63) is 42.0 Å². The van der Waals surface area contributed by atoms with Crippen LogP contribution in [0, 0.1) is 0 Å². The molecule has 4 heteroatoms. The summed E-state index contributed by atoms with van der Waals surface area (Å²) >= 11 is 0. The Morgan fingerprint density at radius 2 is 2.00 bits per heavy atom. The van der Waals surface area contributed by atoms with Crippen LogP contribution in [-0.2, 0) is 14.3 Å². The normalized spacial score (nSPS) is 10.3. The second-order valence-corrected chi connectivity index (χ2v) is 3.68. The molecular formula is C14H17NO3. The van der Waals surface area contributed by atoms with Crippen molar-refractivity contribution in [3.8, 4) is 0 Å². The van der Waals surface area contributed by atoms with Gasteiger partial charge >= 0.3 is 5.97 Å². The van der Waals surface area contributed by atoms with Crippen LogP contribution < -0.4 is 5.32 Å². The molecule has 0 atom stereocenters. The molecule has 0 fully saturated rings. The van der Waals surface area contributed by atoms with Crippen LogP contribution in [0.1, 0.15) is 18.9 Å². The van der Waals surface area contributed by atoms with Crippen LogP contribution in [0.4, 0.5) is 0 Å². The minimum absolute atomic E-state index is 0.0992. The van der Waals surface area contributed by atoms with E-state index in [0.717, 1.165) is 12.0 Å². The number of benzene rings is 1. The average Bonchev–Trinajstić information content (AvgIpc) is 2.41. The lowest BCUT2D eigenvalue weighted by atomic mass is 10.2. The van der Waals surface area contributed by atoms with Gasteiger partial charge in [0.05, 0.1) is 6.61 Å². The molecule has 18 heavy (non-hydrogen) atoms. The summed E-state index contributed by atoms with van der Waals surface area (Å²) in [6.45, 7) is 2.20. The fraction of sp³-hybridized carbons (Fsp3) is 0.286. The van der Waals surface area contributed by atoms with Crippen LogP contribution in [0.2, 0.25) is 0 Å². The van der Waals surface area contributed by atoms with Gasteiger partial charge in [-0.05, 0) is 18.1 Å². The van der Waals surface area contributed by atoms with Gasteiger partial charge in [-0.25, -0.2) is 0 Å². The SMILES string of the molecule is CCCOC(=O)CNC(=O)/C=C/c1ccccc1. The predicted molar refractivity (Wildman–Crippen MR) is 69.7 cm³/mol. The van der Waals surface area contributed by atoms with Gasteiger partial charge in [0, 0.05) is 6.08 Å². The van der Waals surface area contributed by atoms with Crippen molar-refractivity contribution in [3.63, 3.8) is 0 Å². The molecule has 0 heterocycles. The van der Waals surface area contributed by atoms with Crippen molar-refractivity contribution in [1.29, 1.82) is 0 Å². The maximum Gasteiger partial charge on any atom is 0.325 e. The first-order chi connectivity index (χ1) is 8.72. The predicted octanol–water partition coefficient (Wildman–Crippen LogP) is 1.77. The van der Waals surface area contributed by atoms with E-state index in [-0.39, 0.29) is 12.5 Å². The molecular weight excluding hydrogens is 230 g/mol. The lowest BCUT2D eigenvalue weighted by Gasteiger charge is -2.03. The molecule has 1 N–H and O–H groups in total. The van der Waals surface area contributed by atoms with Crippen LogP contribution in [0.15, 0.2) is 36.4 Å². The number of hydrogen-bond donors (Lipinski definition) is 1. The van der Waals surface area contributed by atoms with Crippen molar-refractivity contribution in [2.75, 3.05) is 13.2 Å². The Labute approximate surface area is 107 Å². The van der Waals surface area contributed by atoms with Crippen molar-refractivity contribution >= 4 is 18.0 Å². The van der Waals surface area contributed by atoms with E-state index in [1.54, 1.807) is 6.08 Å². The summed E-state index contributed by atoms with van der Waals surface area (Å²) in [6, 6.07) is 9.46. The fourth-order valence-corrected chi connectivity index (χ4v) is 1.22. The van der Waals surface area contributed by atoms with Crippen LogP contribution in [0.5, 0.6) is 0 Å². The number of hydrogen-bond acceptors (Lipinski definition) is 3. The van der Waals surface area contributed by atoms with Gasteiger partial charge in [0.15, 0.2) is 0 Å². The molecule has 0 aliphatic heterocycles. The topological polar surface area (TPSA) is 55.4 Å². The summed E-state index contributed by atoms with van der Waals surface area (Å²) in [5.74, 6) is -0.731. The lowest BCUT2D eigenvalue weighted by Crippen LogP contribution is -2.29. The van der Waals surface area contributed by atoms with E-state index >= 15 is 0 Å². The third kappa shape index (κ3) is 5.84. The quantitative estimate of drug-likeness (QED) is 0.615. The summed E-state index contributed by atoms with van der Waals surface area (Å²) in [7, 11) is 0. The largest absolute Gasteiger partial charge is 0.464 e.